The molecule has 3 heterocycles. The molecule has 13 nitrogen and oxygen atoms in total. The summed E-state index contributed by atoms with van der Waals surface area (Å²) in [6.45, 7) is -0.136. The van der Waals surface area contributed by atoms with Gasteiger partial charge < -0.3 is 29.7 Å². The molecule has 0 radical (unpaired) electrons. The van der Waals surface area contributed by atoms with Gasteiger partial charge in [0.15, 0.2) is 23.2 Å². The normalized spacial score (nSPS) is 19.8. The van der Waals surface area contributed by atoms with E-state index in [1.807, 2.05) is 78.9 Å². The molecule has 4 atom stereocenters. The van der Waals surface area contributed by atoms with E-state index in [9.17, 15) is 10.2 Å². The molecule has 5 aromatic rings. The van der Waals surface area contributed by atoms with E-state index in [1.54, 1.807) is 14.2 Å². The standard InChI is InChI=1S/C31H30N8O5/c1-42-22-12-8-20(9-13-22)31(19-6-4-3-5-7-19,21-10-14-23(43-2)15-11-21)37-28-25-29(34-17-33-28)39(18-35-25)30-27(41)26(40)24(44-30)16-36-38-32/h3-15,17-18,24,26-27,30,40-41H,16H2,1-2H3,(H,33,34,37)/t24-,26-,27-,30-/m1/s1. The first kappa shape index (κ1) is 28.9. The number of anilines is 1. The van der Waals surface area contributed by atoms with Gasteiger partial charge in [0.2, 0.25) is 0 Å². The predicted octanol–water partition coefficient (Wildman–Crippen LogP) is 4.18. The number of azide groups is 1. The Morgan fingerprint density at radius 1 is 0.886 bits per heavy atom. The number of fused-ring (bicyclic) bond motifs is 1. The van der Waals surface area contributed by atoms with E-state index in [0.29, 0.717) is 28.5 Å². The van der Waals surface area contributed by atoms with Crippen molar-refractivity contribution in [1.82, 2.24) is 19.5 Å². The maximum Gasteiger partial charge on any atom is 0.167 e. The summed E-state index contributed by atoms with van der Waals surface area (Å²) >= 11 is 0. The molecule has 1 aliphatic rings. The Hall–Kier alpha value is -5.20. The van der Waals surface area contributed by atoms with Gasteiger partial charge in [-0.25, -0.2) is 15.0 Å². The minimum atomic E-state index is -1.31. The van der Waals surface area contributed by atoms with Crippen LogP contribution in [0.1, 0.15) is 22.9 Å². The molecule has 44 heavy (non-hydrogen) atoms. The molecule has 2 aromatic heterocycles. The third kappa shape index (κ3) is 5.03. The van der Waals surface area contributed by atoms with Gasteiger partial charge in [-0.2, -0.15) is 0 Å². The molecule has 3 aromatic carbocycles. The molecular weight excluding hydrogens is 564 g/mol. The lowest BCUT2D eigenvalue weighted by Gasteiger charge is -2.37. The van der Waals surface area contributed by atoms with Crippen LogP contribution in [0.3, 0.4) is 0 Å². The molecule has 0 bridgehead atoms. The van der Waals surface area contributed by atoms with Gasteiger partial charge in [0.1, 0.15) is 35.6 Å². The van der Waals surface area contributed by atoms with Crippen LogP contribution in [0.15, 0.2) is 96.6 Å². The molecule has 3 N–H and O–H groups in total. The third-order valence-corrected chi connectivity index (χ3v) is 7.85. The summed E-state index contributed by atoms with van der Waals surface area (Å²) in [5.74, 6) is 1.84. The smallest absolute Gasteiger partial charge is 0.167 e. The lowest BCUT2D eigenvalue weighted by atomic mass is 9.77. The fraction of sp³-hybridized carbons (Fsp3) is 0.258. The zero-order valence-electron chi connectivity index (χ0n) is 23.9. The van der Waals surface area contributed by atoms with Crippen molar-refractivity contribution in [3.63, 3.8) is 0 Å². The second-order valence-electron chi connectivity index (χ2n) is 10.2. The zero-order valence-corrected chi connectivity index (χ0v) is 23.9. The largest absolute Gasteiger partial charge is 0.497 e. The van der Waals surface area contributed by atoms with Crippen molar-refractivity contribution in [3.8, 4) is 11.5 Å². The Morgan fingerprint density at radius 2 is 1.50 bits per heavy atom. The van der Waals surface area contributed by atoms with Crippen LogP contribution in [-0.4, -0.2) is 68.8 Å². The number of ether oxygens (including phenoxy) is 3. The molecule has 224 valence electrons. The second-order valence-corrected chi connectivity index (χ2v) is 10.2. The minimum Gasteiger partial charge on any atom is -0.497 e. The molecule has 13 heteroatoms. The third-order valence-electron chi connectivity index (χ3n) is 7.85. The van der Waals surface area contributed by atoms with Gasteiger partial charge in [0, 0.05) is 4.91 Å². The van der Waals surface area contributed by atoms with E-state index >= 15 is 0 Å². The number of aromatic nitrogens is 4. The van der Waals surface area contributed by atoms with Gasteiger partial charge in [-0.1, -0.05) is 59.7 Å². The summed E-state index contributed by atoms with van der Waals surface area (Å²) in [6.07, 6.45) is -1.60. The SMILES string of the molecule is COc1ccc(C(Nc2ncnc3c2ncn3[C@@H]2O[C@H](CN=[N+]=[N-])[C@@H](O)[C@H]2O)(c2ccccc2)c2ccc(OC)cc2)cc1. The van der Waals surface area contributed by atoms with Crippen molar-refractivity contribution in [2.24, 2.45) is 5.11 Å². The first-order valence-corrected chi connectivity index (χ1v) is 13.8. The highest BCUT2D eigenvalue weighted by atomic mass is 16.6. The van der Waals surface area contributed by atoms with Gasteiger partial charge in [-0.3, -0.25) is 4.57 Å². The lowest BCUT2D eigenvalue weighted by Crippen LogP contribution is -2.38. The van der Waals surface area contributed by atoms with E-state index in [2.05, 4.69) is 30.3 Å². The highest BCUT2D eigenvalue weighted by Crippen LogP contribution is 2.42. The zero-order chi connectivity index (χ0) is 30.7. The first-order valence-electron chi connectivity index (χ1n) is 13.8. The predicted molar refractivity (Wildman–Crippen MR) is 161 cm³/mol. The molecule has 1 saturated heterocycles. The van der Waals surface area contributed by atoms with Gasteiger partial charge in [0.25, 0.3) is 0 Å². The fourth-order valence-corrected chi connectivity index (χ4v) is 5.62. The number of benzene rings is 3. The maximum absolute atomic E-state index is 10.8. The Balaban J connectivity index is 1.50. The average molecular weight is 595 g/mol. The Labute approximate surface area is 252 Å². The summed E-state index contributed by atoms with van der Waals surface area (Å²) in [7, 11) is 3.25. The Kier molecular flexibility index (Phi) is 8.01. The number of imidazole rings is 1. The van der Waals surface area contributed by atoms with Crippen molar-refractivity contribution >= 4 is 17.0 Å². The van der Waals surface area contributed by atoms with E-state index in [0.717, 1.165) is 16.7 Å². The van der Waals surface area contributed by atoms with Crippen LogP contribution in [0, 0.1) is 0 Å². The van der Waals surface area contributed by atoms with Crippen LogP contribution < -0.4 is 14.8 Å². The summed E-state index contributed by atoms with van der Waals surface area (Å²) < 4.78 is 18.3. The number of nitrogens with one attached hydrogen (secondary N) is 1. The maximum atomic E-state index is 10.8. The number of aliphatic hydroxyl groups excluding tert-OH is 2. The number of hydrogen-bond acceptors (Lipinski definition) is 10. The summed E-state index contributed by atoms with van der Waals surface area (Å²) in [6, 6.07) is 25.6. The average Bonchev–Trinajstić information content (AvgIpc) is 3.63. The van der Waals surface area contributed by atoms with Crippen molar-refractivity contribution in [1.29, 1.82) is 0 Å². The van der Waals surface area contributed by atoms with Crippen molar-refractivity contribution in [2.75, 3.05) is 26.1 Å². The van der Waals surface area contributed by atoms with E-state index in [4.69, 9.17) is 19.7 Å². The highest BCUT2D eigenvalue weighted by molar-refractivity contribution is 5.84. The number of nitrogens with zero attached hydrogens (tertiary/aromatic N) is 7. The van der Waals surface area contributed by atoms with E-state index in [-0.39, 0.29) is 6.54 Å². The van der Waals surface area contributed by atoms with Gasteiger partial charge in [0.05, 0.1) is 33.2 Å². The summed E-state index contributed by atoms with van der Waals surface area (Å²) in [5.41, 5.74) is 11.3. The lowest BCUT2D eigenvalue weighted by molar-refractivity contribution is -0.0321. The molecule has 1 aliphatic heterocycles. The number of aliphatic hydroxyl groups is 2. The van der Waals surface area contributed by atoms with Crippen molar-refractivity contribution in [2.45, 2.75) is 30.1 Å². The number of rotatable bonds is 10. The fourth-order valence-electron chi connectivity index (χ4n) is 5.62. The number of methoxy groups -OCH3 is 2. The van der Waals surface area contributed by atoms with Crippen molar-refractivity contribution < 1.29 is 24.4 Å². The van der Waals surface area contributed by atoms with Crippen LogP contribution in [-0.2, 0) is 10.3 Å². The molecule has 0 amide bonds. The topological polar surface area (TPSA) is 173 Å². The molecule has 0 aliphatic carbocycles. The first-order chi connectivity index (χ1) is 21.5. The van der Waals surface area contributed by atoms with E-state index < -0.39 is 30.1 Å². The molecule has 0 saturated carbocycles. The highest BCUT2D eigenvalue weighted by Gasteiger charge is 2.44. The Bertz CT molecular complexity index is 1730. The molecular formula is C31H30N8O5. The van der Waals surface area contributed by atoms with Gasteiger partial charge in [-0.05, 0) is 46.5 Å². The molecule has 1 fully saturated rings. The second kappa shape index (κ2) is 12.2. The molecule has 0 spiro atoms. The van der Waals surface area contributed by atoms with Crippen molar-refractivity contribution in [3.05, 3.63) is 119 Å². The number of hydrogen-bond donors (Lipinski definition) is 3. The van der Waals surface area contributed by atoms with Crippen LogP contribution in [0.5, 0.6) is 11.5 Å². The van der Waals surface area contributed by atoms with Crippen LogP contribution in [0.2, 0.25) is 0 Å². The van der Waals surface area contributed by atoms with Crippen LogP contribution in [0.4, 0.5) is 5.82 Å². The van der Waals surface area contributed by atoms with Crippen LogP contribution in [0.25, 0.3) is 21.6 Å². The van der Waals surface area contributed by atoms with Crippen LogP contribution >= 0.6 is 0 Å². The quantitative estimate of drug-likeness (QED) is 0.0928. The van der Waals surface area contributed by atoms with Gasteiger partial charge in [-0.15, -0.1) is 0 Å². The molecule has 6 rings (SSSR count). The minimum absolute atomic E-state index is 0.136. The van der Waals surface area contributed by atoms with Gasteiger partial charge >= 0.3 is 0 Å². The van der Waals surface area contributed by atoms with E-state index in [1.165, 1.54) is 17.2 Å². The summed E-state index contributed by atoms with van der Waals surface area (Å²) in [4.78, 5) is 16.4. The molecule has 0 unspecified atom stereocenters. The monoisotopic (exact) mass is 594 g/mol. The Morgan fingerprint density at radius 3 is 2.09 bits per heavy atom. The summed E-state index contributed by atoms with van der Waals surface area (Å²) in [5, 5.41) is 28.5.